The van der Waals surface area contributed by atoms with Gasteiger partial charge in [0.2, 0.25) is 0 Å². The Morgan fingerprint density at radius 1 is 1.20 bits per heavy atom. The van der Waals surface area contributed by atoms with Crippen LogP contribution in [0, 0.1) is 12.8 Å². The molecule has 1 fully saturated rings. The van der Waals surface area contributed by atoms with Crippen LogP contribution in [0.5, 0.6) is 5.75 Å². The second kappa shape index (κ2) is 7.17. The predicted octanol–water partition coefficient (Wildman–Crippen LogP) is 3.20. The fourth-order valence-corrected chi connectivity index (χ4v) is 3.42. The van der Waals surface area contributed by atoms with E-state index in [0.717, 1.165) is 22.3 Å². The lowest BCUT2D eigenvalue weighted by atomic mass is 9.97. The van der Waals surface area contributed by atoms with E-state index in [1.54, 1.807) is 11.7 Å². The minimum atomic E-state index is -0.149. The first-order valence-corrected chi connectivity index (χ1v) is 8.67. The summed E-state index contributed by atoms with van der Waals surface area (Å²) in [6, 6.07) is 7.64. The number of aromatic nitrogens is 1. The van der Waals surface area contributed by atoms with Crippen molar-refractivity contribution < 1.29 is 19.1 Å². The zero-order valence-corrected chi connectivity index (χ0v) is 14.9. The molecule has 2 heterocycles. The number of nitrogens with zero attached hydrogens (tertiary/aromatic N) is 2. The monoisotopic (exact) mass is 344 g/mol. The third-order valence-electron chi connectivity index (χ3n) is 4.77. The molecule has 6 nitrogen and oxygen atoms in total. The number of esters is 1. The number of ether oxygens (including phenoxy) is 2. The van der Waals surface area contributed by atoms with Crippen LogP contribution in [0.2, 0.25) is 0 Å². The Morgan fingerprint density at radius 3 is 2.56 bits per heavy atom. The van der Waals surface area contributed by atoms with Crippen LogP contribution in [-0.4, -0.2) is 48.3 Å². The number of fused-ring (bicyclic) bond motifs is 1. The normalized spacial score (nSPS) is 15.4. The van der Waals surface area contributed by atoms with Gasteiger partial charge in [-0.3, -0.25) is 9.36 Å². The molecule has 0 radical (unpaired) electrons. The molecule has 1 aliphatic rings. The third kappa shape index (κ3) is 3.34. The molecule has 1 amide bonds. The van der Waals surface area contributed by atoms with Gasteiger partial charge in [-0.1, -0.05) is 0 Å². The molecule has 25 heavy (non-hydrogen) atoms. The highest BCUT2D eigenvalue weighted by molar-refractivity contribution is 5.93. The number of methoxy groups -OCH3 is 1. The zero-order valence-electron chi connectivity index (χ0n) is 14.9. The third-order valence-corrected chi connectivity index (χ3v) is 4.77. The molecule has 0 unspecified atom stereocenters. The van der Waals surface area contributed by atoms with E-state index in [1.165, 1.54) is 0 Å². The minimum absolute atomic E-state index is 0.0417. The number of hydrogen-bond acceptors (Lipinski definition) is 4. The maximum absolute atomic E-state index is 13.0. The van der Waals surface area contributed by atoms with Gasteiger partial charge in [-0.05, 0) is 51.0 Å². The highest BCUT2D eigenvalue weighted by atomic mass is 16.5. The highest BCUT2D eigenvalue weighted by Gasteiger charge is 2.29. The number of rotatable bonds is 3. The molecule has 0 bridgehead atoms. The van der Waals surface area contributed by atoms with Crippen LogP contribution in [0.4, 0.5) is 4.79 Å². The largest absolute Gasteiger partial charge is 0.497 e. The van der Waals surface area contributed by atoms with Crippen LogP contribution >= 0.6 is 0 Å². The van der Waals surface area contributed by atoms with Crippen LogP contribution in [0.15, 0.2) is 24.3 Å². The maximum Gasteiger partial charge on any atom is 0.328 e. The first-order chi connectivity index (χ1) is 12.0. The van der Waals surface area contributed by atoms with Crippen molar-refractivity contribution in [3.63, 3.8) is 0 Å². The molecule has 2 aromatic rings. The van der Waals surface area contributed by atoms with E-state index in [-0.39, 0.29) is 17.9 Å². The van der Waals surface area contributed by atoms with Gasteiger partial charge < -0.3 is 14.4 Å². The topological polar surface area (TPSA) is 60.8 Å². The molecule has 0 aliphatic carbocycles. The van der Waals surface area contributed by atoms with Crippen molar-refractivity contribution >= 4 is 22.9 Å². The lowest BCUT2D eigenvalue weighted by Crippen LogP contribution is -2.42. The van der Waals surface area contributed by atoms with Crippen molar-refractivity contribution in [1.82, 2.24) is 9.47 Å². The van der Waals surface area contributed by atoms with Gasteiger partial charge in [-0.15, -0.1) is 0 Å². The van der Waals surface area contributed by atoms with Crippen molar-refractivity contribution in [3.05, 3.63) is 30.0 Å². The number of amides is 1. The SMILES string of the molecule is CCOC(=O)C1CCN(C(=O)n2c(C)cc3cc(OC)ccc32)CC1. The Balaban J connectivity index is 1.77. The van der Waals surface area contributed by atoms with Crippen molar-refractivity contribution in [3.8, 4) is 5.75 Å². The molecule has 0 saturated carbocycles. The second-order valence-electron chi connectivity index (χ2n) is 6.34. The van der Waals surface area contributed by atoms with Gasteiger partial charge >= 0.3 is 12.0 Å². The second-order valence-corrected chi connectivity index (χ2v) is 6.34. The lowest BCUT2D eigenvalue weighted by molar-refractivity contribution is -0.149. The summed E-state index contributed by atoms with van der Waals surface area (Å²) in [7, 11) is 1.63. The zero-order chi connectivity index (χ0) is 18.0. The number of benzene rings is 1. The van der Waals surface area contributed by atoms with E-state index >= 15 is 0 Å². The van der Waals surface area contributed by atoms with Gasteiger partial charge in [0.1, 0.15) is 5.75 Å². The maximum atomic E-state index is 13.0. The summed E-state index contributed by atoms with van der Waals surface area (Å²) >= 11 is 0. The molecule has 0 N–H and O–H groups in total. The summed E-state index contributed by atoms with van der Waals surface area (Å²) < 4.78 is 12.1. The number of carbonyl (C=O) groups excluding carboxylic acids is 2. The Hall–Kier alpha value is -2.50. The van der Waals surface area contributed by atoms with Crippen molar-refractivity contribution in [2.45, 2.75) is 26.7 Å². The van der Waals surface area contributed by atoms with Crippen LogP contribution in [0.3, 0.4) is 0 Å². The van der Waals surface area contributed by atoms with Crippen molar-refractivity contribution in [2.75, 3.05) is 26.8 Å². The first kappa shape index (κ1) is 17.3. The molecular formula is C19H24N2O4. The van der Waals surface area contributed by atoms with Crippen LogP contribution in [0.25, 0.3) is 10.9 Å². The highest BCUT2D eigenvalue weighted by Crippen LogP contribution is 2.26. The van der Waals surface area contributed by atoms with Crippen molar-refractivity contribution in [2.24, 2.45) is 5.92 Å². The van der Waals surface area contributed by atoms with Crippen molar-refractivity contribution in [1.29, 1.82) is 0 Å². The molecular weight excluding hydrogens is 320 g/mol. The van der Waals surface area contributed by atoms with Gasteiger partial charge in [-0.25, -0.2) is 4.79 Å². The van der Waals surface area contributed by atoms with Crippen LogP contribution in [0.1, 0.15) is 25.5 Å². The number of likely N-dealkylation sites (tertiary alicyclic amines) is 1. The number of carbonyl (C=O) groups is 2. The first-order valence-electron chi connectivity index (χ1n) is 8.67. The van der Waals surface area contributed by atoms with Gasteiger partial charge in [0.25, 0.3) is 0 Å². The summed E-state index contributed by atoms with van der Waals surface area (Å²) in [5, 5.41) is 0.978. The van der Waals surface area contributed by atoms with Gasteiger partial charge in [0.15, 0.2) is 0 Å². The van der Waals surface area contributed by atoms with E-state index in [9.17, 15) is 9.59 Å². The summed E-state index contributed by atoms with van der Waals surface area (Å²) in [4.78, 5) is 26.7. The Morgan fingerprint density at radius 2 is 1.92 bits per heavy atom. The molecule has 6 heteroatoms. The fraction of sp³-hybridized carbons (Fsp3) is 0.474. The molecule has 0 spiro atoms. The van der Waals surface area contributed by atoms with E-state index in [0.29, 0.717) is 32.5 Å². The molecule has 0 atom stereocenters. The Kier molecular flexibility index (Phi) is 4.97. The smallest absolute Gasteiger partial charge is 0.328 e. The van der Waals surface area contributed by atoms with E-state index in [1.807, 2.05) is 43.0 Å². The molecule has 3 rings (SSSR count). The van der Waals surface area contributed by atoms with Crippen LogP contribution < -0.4 is 4.74 Å². The van der Waals surface area contributed by atoms with E-state index < -0.39 is 0 Å². The number of piperidine rings is 1. The summed E-state index contributed by atoms with van der Waals surface area (Å²) in [5.74, 6) is 0.521. The lowest BCUT2D eigenvalue weighted by Gasteiger charge is -2.31. The van der Waals surface area contributed by atoms with Gasteiger partial charge in [-0.2, -0.15) is 0 Å². The Bertz CT molecular complexity index is 788. The predicted molar refractivity (Wildman–Crippen MR) is 95.0 cm³/mol. The molecule has 1 aliphatic heterocycles. The molecule has 1 aromatic carbocycles. The average Bonchev–Trinajstić information content (AvgIpc) is 2.96. The average molecular weight is 344 g/mol. The Labute approximate surface area is 147 Å². The van der Waals surface area contributed by atoms with Crippen LogP contribution in [-0.2, 0) is 9.53 Å². The summed E-state index contributed by atoms with van der Waals surface area (Å²) in [6.45, 7) is 5.27. The molecule has 134 valence electrons. The van der Waals surface area contributed by atoms with Gasteiger partial charge in [0, 0.05) is 24.2 Å². The quantitative estimate of drug-likeness (QED) is 0.802. The summed E-state index contributed by atoms with van der Waals surface area (Å²) in [6.07, 6.45) is 1.30. The minimum Gasteiger partial charge on any atom is -0.497 e. The fourth-order valence-electron chi connectivity index (χ4n) is 3.42. The summed E-state index contributed by atoms with van der Waals surface area (Å²) in [5.41, 5.74) is 1.76. The standard InChI is InChI=1S/C19H24N2O4/c1-4-25-18(22)14-7-9-20(10-8-14)19(23)21-13(2)11-15-12-16(24-3)5-6-17(15)21/h5-6,11-12,14H,4,7-10H2,1-3H3. The molecule has 1 aromatic heterocycles. The van der Waals surface area contributed by atoms with Gasteiger partial charge in [0.05, 0.1) is 25.2 Å². The molecule has 1 saturated heterocycles. The van der Waals surface area contributed by atoms with E-state index in [4.69, 9.17) is 9.47 Å². The number of hydrogen-bond donors (Lipinski definition) is 0. The number of aryl methyl sites for hydroxylation is 1. The van der Waals surface area contributed by atoms with E-state index in [2.05, 4.69) is 0 Å².